The molecule has 2 heterocycles. The highest BCUT2D eigenvalue weighted by atomic mass is 35.5. The van der Waals surface area contributed by atoms with Crippen molar-refractivity contribution >= 4 is 44.7 Å². The molecule has 0 bridgehead atoms. The van der Waals surface area contributed by atoms with Gasteiger partial charge in [-0.1, -0.05) is 17.7 Å². The van der Waals surface area contributed by atoms with Crippen LogP contribution in [0.1, 0.15) is 20.8 Å². The number of hydrogen-bond acceptors (Lipinski definition) is 4. The number of aromatic nitrogens is 1. The molecule has 0 spiro atoms. The maximum absolute atomic E-state index is 12.4. The van der Waals surface area contributed by atoms with Gasteiger partial charge >= 0.3 is 0 Å². The first-order valence-corrected chi connectivity index (χ1v) is 7.92. The predicted octanol–water partition coefficient (Wildman–Crippen LogP) is 3.97. The van der Waals surface area contributed by atoms with Crippen LogP contribution in [0.4, 0.5) is 5.69 Å². The molecule has 1 amide bonds. The zero-order chi connectivity index (χ0) is 15.7. The molecule has 0 atom stereocenters. The van der Waals surface area contributed by atoms with E-state index in [0.717, 1.165) is 27.0 Å². The molecule has 2 aromatic heterocycles. The number of hydrogen-bond donors (Lipinski definition) is 2. The summed E-state index contributed by atoms with van der Waals surface area (Å²) in [5.41, 5.74) is 9.18. The largest absolute Gasteiger partial charge is 0.326 e. The minimum Gasteiger partial charge on any atom is -0.326 e. The first-order valence-electron chi connectivity index (χ1n) is 6.73. The van der Waals surface area contributed by atoms with Crippen LogP contribution in [0.5, 0.6) is 0 Å². The van der Waals surface area contributed by atoms with Crippen molar-refractivity contribution in [2.24, 2.45) is 5.73 Å². The second-order valence-electron chi connectivity index (χ2n) is 4.99. The van der Waals surface area contributed by atoms with Crippen molar-refractivity contribution < 1.29 is 4.79 Å². The number of rotatable bonds is 3. The van der Waals surface area contributed by atoms with E-state index in [1.807, 2.05) is 31.2 Å². The summed E-state index contributed by atoms with van der Waals surface area (Å²) in [6.07, 6.45) is 0. The number of carbonyl (C=O) groups excluding carboxylic acids is 1. The van der Waals surface area contributed by atoms with Gasteiger partial charge in [0.25, 0.3) is 5.91 Å². The Hall–Kier alpha value is -1.95. The number of carbonyl (C=O) groups is 1. The summed E-state index contributed by atoms with van der Waals surface area (Å²) in [6, 6.07) is 11.1. The van der Waals surface area contributed by atoms with Gasteiger partial charge < -0.3 is 11.1 Å². The SMILES string of the molecule is Cc1cc(CN)cc(NC(=O)c2cc3nc(Cl)ccc3s2)c1. The number of fused-ring (bicyclic) bond motifs is 1. The predicted molar refractivity (Wildman–Crippen MR) is 91.7 cm³/mol. The number of thiophene rings is 1. The van der Waals surface area contributed by atoms with Crippen molar-refractivity contribution in [3.63, 3.8) is 0 Å². The number of halogens is 1. The highest BCUT2D eigenvalue weighted by Gasteiger charge is 2.12. The molecule has 3 N–H and O–H groups in total. The normalized spacial score (nSPS) is 10.9. The van der Waals surface area contributed by atoms with Gasteiger partial charge in [-0.05, 0) is 48.4 Å². The van der Waals surface area contributed by atoms with Crippen LogP contribution in [0.25, 0.3) is 10.2 Å². The van der Waals surface area contributed by atoms with Gasteiger partial charge in [0.15, 0.2) is 0 Å². The second-order valence-corrected chi connectivity index (χ2v) is 6.46. The number of anilines is 1. The van der Waals surface area contributed by atoms with E-state index in [0.29, 0.717) is 16.6 Å². The van der Waals surface area contributed by atoms with Crippen LogP contribution < -0.4 is 11.1 Å². The molecular weight excluding hydrogens is 318 g/mol. The van der Waals surface area contributed by atoms with Crippen molar-refractivity contribution in [3.05, 3.63) is 57.6 Å². The molecule has 112 valence electrons. The van der Waals surface area contributed by atoms with Gasteiger partial charge in [-0.15, -0.1) is 11.3 Å². The Morgan fingerprint density at radius 1 is 1.32 bits per heavy atom. The average molecular weight is 332 g/mol. The summed E-state index contributed by atoms with van der Waals surface area (Å²) in [4.78, 5) is 17.2. The maximum atomic E-state index is 12.4. The van der Waals surface area contributed by atoms with E-state index in [-0.39, 0.29) is 5.91 Å². The Kier molecular flexibility index (Phi) is 4.11. The smallest absolute Gasteiger partial charge is 0.265 e. The summed E-state index contributed by atoms with van der Waals surface area (Å²) in [7, 11) is 0. The summed E-state index contributed by atoms with van der Waals surface area (Å²) in [5, 5.41) is 3.32. The van der Waals surface area contributed by atoms with Crippen molar-refractivity contribution in [1.29, 1.82) is 0 Å². The zero-order valence-corrected chi connectivity index (χ0v) is 13.5. The lowest BCUT2D eigenvalue weighted by Crippen LogP contribution is -2.11. The average Bonchev–Trinajstić information content (AvgIpc) is 2.89. The third kappa shape index (κ3) is 3.11. The van der Waals surface area contributed by atoms with Gasteiger partial charge in [0.1, 0.15) is 5.15 Å². The monoisotopic (exact) mass is 331 g/mol. The van der Waals surface area contributed by atoms with Crippen molar-refractivity contribution in [3.8, 4) is 0 Å². The number of aryl methyl sites for hydroxylation is 1. The van der Waals surface area contributed by atoms with Gasteiger partial charge in [0.2, 0.25) is 0 Å². The number of benzene rings is 1. The fraction of sp³-hybridized carbons (Fsp3) is 0.125. The molecule has 22 heavy (non-hydrogen) atoms. The van der Waals surface area contributed by atoms with Gasteiger partial charge in [-0.2, -0.15) is 0 Å². The van der Waals surface area contributed by atoms with Crippen molar-refractivity contribution in [2.45, 2.75) is 13.5 Å². The van der Waals surface area contributed by atoms with E-state index >= 15 is 0 Å². The molecule has 0 fully saturated rings. The number of nitrogens with one attached hydrogen (secondary N) is 1. The Bertz CT molecular complexity index is 860. The zero-order valence-electron chi connectivity index (χ0n) is 11.9. The van der Waals surface area contributed by atoms with E-state index in [1.165, 1.54) is 11.3 Å². The number of nitrogens with zero attached hydrogens (tertiary/aromatic N) is 1. The molecule has 3 aromatic rings. The summed E-state index contributed by atoms with van der Waals surface area (Å²) >= 11 is 7.26. The quantitative estimate of drug-likeness (QED) is 0.713. The number of pyridine rings is 1. The molecule has 0 saturated carbocycles. The van der Waals surface area contributed by atoms with Crippen LogP contribution >= 0.6 is 22.9 Å². The first kappa shape index (κ1) is 15.0. The molecule has 0 aliphatic rings. The van der Waals surface area contributed by atoms with E-state index in [4.69, 9.17) is 17.3 Å². The van der Waals surface area contributed by atoms with Crippen LogP contribution in [0.3, 0.4) is 0 Å². The van der Waals surface area contributed by atoms with E-state index in [9.17, 15) is 4.79 Å². The van der Waals surface area contributed by atoms with Crippen molar-refractivity contribution in [2.75, 3.05) is 5.32 Å². The van der Waals surface area contributed by atoms with Gasteiger partial charge in [0.05, 0.1) is 15.1 Å². The van der Waals surface area contributed by atoms with Gasteiger partial charge in [-0.3, -0.25) is 4.79 Å². The molecular formula is C16H14ClN3OS. The molecule has 0 unspecified atom stereocenters. The van der Waals surface area contributed by atoms with Crippen LogP contribution in [0, 0.1) is 6.92 Å². The number of nitrogens with two attached hydrogens (primary N) is 1. The lowest BCUT2D eigenvalue weighted by molar-refractivity contribution is 0.103. The van der Waals surface area contributed by atoms with E-state index in [2.05, 4.69) is 10.3 Å². The Labute approximate surface area is 136 Å². The number of amides is 1. The highest BCUT2D eigenvalue weighted by molar-refractivity contribution is 7.20. The maximum Gasteiger partial charge on any atom is 0.265 e. The first-order chi connectivity index (χ1) is 10.5. The van der Waals surface area contributed by atoms with Gasteiger partial charge in [-0.25, -0.2) is 4.98 Å². The molecule has 6 heteroatoms. The lowest BCUT2D eigenvalue weighted by Gasteiger charge is -2.07. The fourth-order valence-corrected chi connectivity index (χ4v) is 3.31. The molecule has 0 saturated heterocycles. The molecule has 3 rings (SSSR count). The topological polar surface area (TPSA) is 68.0 Å². The fourth-order valence-electron chi connectivity index (χ4n) is 2.26. The molecule has 0 aliphatic carbocycles. The summed E-state index contributed by atoms with van der Waals surface area (Å²) in [6.45, 7) is 2.41. The van der Waals surface area contributed by atoms with Crippen molar-refractivity contribution in [1.82, 2.24) is 4.98 Å². The van der Waals surface area contributed by atoms with Crippen LogP contribution in [-0.4, -0.2) is 10.9 Å². The third-order valence-electron chi connectivity index (χ3n) is 3.19. The minimum atomic E-state index is -0.160. The molecule has 0 radical (unpaired) electrons. The Morgan fingerprint density at radius 2 is 2.14 bits per heavy atom. The molecule has 0 aliphatic heterocycles. The van der Waals surface area contributed by atoms with E-state index < -0.39 is 0 Å². The summed E-state index contributed by atoms with van der Waals surface area (Å²) in [5.74, 6) is -0.160. The van der Waals surface area contributed by atoms with Gasteiger partial charge in [0, 0.05) is 12.2 Å². The second kappa shape index (κ2) is 6.04. The molecule has 4 nitrogen and oxygen atoms in total. The lowest BCUT2D eigenvalue weighted by atomic mass is 10.1. The van der Waals surface area contributed by atoms with E-state index in [1.54, 1.807) is 12.1 Å². The Balaban J connectivity index is 1.88. The summed E-state index contributed by atoms with van der Waals surface area (Å²) < 4.78 is 0.932. The standard InChI is InChI=1S/C16H14ClN3OS/c1-9-4-10(8-18)6-11(5-9)19-16(21)14-7-12-13(22-14)2-3-15(17)20-12/h2-7H,8,18H2,1H3,(H,19,21). The third-order valence-corrected chi connectivity index (χ3v) is 4.49. The molecule has 1 aromatic carbocycles. The van der Waals surface area contributed by atoms with Crippen LogP contribution in [0.2, 0.25) is 5.15 Å². The van der Waals surface area contributed by atoms with Crippen LogP contribution in [0.15, 0.2) is 36.4 Å². The highest BCUT2D eigenvalue weighted by Crippen LogP contribution is 2.26. The van der Waals surface area contributed by atoms with Crippen LogP contribution in [-0.2, 0) is 6.54 Å². The Morgan fingerprint density at radius 3 is 2.91 bits per heavy atom. The minimum absolute atomic E-state index is 0.160.